The van der Waals surface area contributed by atoms with Gasteiger partial charge in [-0.2, -0.15) is 13.2 Å². The summed E-state index contributed by atoms with van der Waals surface area (Å²) >= 11 is 12.2. The molecule has 0 radical (unpaired) electrons. The highest BCUT2D eigenvalue weighted by atomic mass is 35.5. The standard InChI is InChI=1S/C23H17Cl2F3N4O3/c24-19-6-5-17(32(34)35)10-18(19)22(33)30-16-8-13-2-1-7-31(21(13)29-11-16)12-14-3-4-15(9-20(14)25)23(26,27)28/h3-6,8-11H,1-2,7,12H2,(H,30,33). The molecule has 0 saturated heterocycles. The summed E-state index contributed by atoms with van der Waals surface area (Å²) in [5, 5.41) is 13.7. The van der Waals surface area contributed by atoms with Crippen molar-refractivity contribution in [2.24, 2.45) is 0 Å². The molecule has 2 aromatic carbocycles. The summed E-state index contributed by atoms with van der Waals surface area (Å²) in [6.07, 6.45) is -1.59. The Morgan fingerprint density at radius 1 is 1.14 bits per heavy atom. The van der Waals surface area contributed by atoms with Crippen LogP contribution in [0.2, 0.25) is 10.0 Å². The number of nitrogens with one attached hydrogen (secondary N) is 1. The monoisotopic (exact) mass is 524 g/mol. The molecule has 3 aromatic rings. The van der Waals surface area contributed by atoms with Crippen LogP contribution < -0.4 is 10.2 Å². The molecule has 182 valence electrons. The smallest absolute Gasteiger partial charge is 0.352 e. The number of pyridine rings is 1. The number of carbonyl (C=O) groups excluding carboxylic acids is 1. The van der Waals surface area contributed by atoms with Crippen molar-refractivity contribution in [1.29, 1.82) is 0 Å². The van der Waals surface area contributed by atoms with Crippen molar-refractivity contribution < 1.29 is 22.9 Å². The van der Waals surface area contributed by atoms with Crippen LogP contribution in [-0.2, 0) is 19.1 Å². The number of nitro benzene ring substituents is 1. The number of nitrogens with zero attached hydrogens (tertiary/aromatic N) is 3. The first-order valence-electron chi connectivity index (χ1n) is 10.4. The summed E-state index contributed by atoms with van der Waals surface area (Å²) in [7, 11) is 0. The number of aromatic nitrogens is 1. The van der Waals surface area contributed by atoms with Gasteiger partial charge >= 0.3 is 6.18 Å². The van der Waals surface area contributed by atoms with Gasteiger partial charge in [-0.1, -0.05) is 29.3 Å². The lowest BCUT2D eigenvalue weighted by Gasteiger charge is -2.30. The van der Waals surface area contributed by atoms with Crippen LogP contribution in [0.5, 0.6) is 0 Å². The fraction of sp³-hybridized carbons (Fsp3) is 0.217. The molecule has 1 aliphatic rings. The van der Waals surface area contributed by atoms with Crippen LogP contribution in [0.3, 0.4) is 0 Å². The van der Waals surface area contributed by atoms with E-state index < -0.39 is 22.6 Å². The molecule has 0 saturated carbocycles. The van der Waals surface area contributed by atoms with Gasteiger partial charge in [0, 0.05) is 30.2 Å². The highest BCUT2D eigenvalue weighted by Crippen LogP contribution is 2.34. The Morgan fingerprint density at radius 3 is 2.60 bits per heavy atom. The molecule has 0 unspecified atom stereocenters. The lowest BCUT2D eigenvalue weighted by atomic mass is 10.0. The zero-order valence-electron chi connectivity index (χ0n) is 17.9. The zero-order chi connectivity index (χ0) is 25.3. The molecular formula is C23H17Cl2F3N4O3. The number of carbonyl (C=O) groups is 1. The lowest BCUT2D eigenvalue weighted by Crippen LogP contribution is -2.30. The van der Waals surface area contributed by atoms with Gasteiger partial charge in [0.2, 0.25) is 0 Å². The van der Waals surface area contributed by atoms with E-state index in [0.29, 0.717) is 30.0 Å². The van der Waals surface area contributed by atoms with E-state index in [1.807, 2.05) is 4.90 Å². The van der Waals surface area contributed by atoms with Gasteiger partial charge in [0.15, 0.2) is 0 Å². The molecule has 1 aliphatic heterocycles. The van der Waals surface area contributed by atoms with Crippen molar-refractivity contribution in [3.05, 3.63) is 91.1 Å². The van der Waals surface area contributed by atoms with E-state index >= 15 is 0 Å². The van der Waals surface area contributed by atoms with E-state index in [1.54, 1.807) is 6.07 Å². The number of nitro groups is 1. The van der Waals surface area contributed by atoms with Gasteiger partial charge < -0.3 is 10.2 Å². The number of anilines is 2. The van der Waals surface area contributed by atoms with Crippen LogP contribution in [-0.4, -0.2) is 22.4 Å². The predicted molar refractivity (Wildman–Crippen MR) is 126 cm³/mol. The maximum atomic E-state index is 12.9. The first-order valence-corrected chi connectivity index (χ1v) is 11.1. The van der Waals surface area contributed by atoms with E-state index in [2.05, 4.69) is 10.3 Å². The van der Waals surface area contributed by atoms with E-state index in [0.717, 1.165) is 30.2 Å². The number of hydrogen-bond acceptors (Lipinski definition) is 5. The minimum absolute atomic E-state index is 0.0182. The van der Waals surface area contributed by atoms with Gasteiger partial charge in [0.1, 0.15) is 5.82 Å². The Kier molecular flexibility index (Phi) is 6.86. The van der Waals surface area contributed by atoms with Crippen LogP contribution in [0.4, 0.5) is 30.4 Å². The van der Waals surface area contributed by atoms with Crippen molar-refractivity contribution >= 4 is 46.3 Å². The Labute approximate surface area is 207 Å². The summed E-state index contributed by atoms with van der Waals surface area (Å²) in [6, 6.07) is 8.59. The van der Waals surface area contributed by atoms with Crippen molar-refractivity contribution in [3.63, 3.8) is 0 Å². The van der Waals surface area contributed by atoms with E-state index in [-0.39, 0.29) is 27.8 Å². The number of hydrogen-bond donors (Lipinski definition) is 1. The largest absolute Gasteiger partial charge is 0.416 e. The van der Waals surface area contributed by atoms with E-state index in [1.165, 1.54) is 24.4 Å². The maximum Gasteiger partial charge on any atom is 0.416 e. The molecule has 1 aromatic heterocycles. The van der Waals surface area contributed by atoms with Crippen molar-refractivity contribution in [2.75, 3.05) is 16.8 Å². The molecule has 0 bridgehead atoms. The third-order valence-electron chi connectivity index (χ3n) is 5.52. The molecule has 4 rings (SSSR count). The van der Waals surface area contributed by atoms with Crippen LogP contribution in [0, 0.1) is 10.1 Å². The number of halogens is 5. The Balaban J connectivity index is 1.53. The molecule has 2 heterocycles. The van der Waals surface area contributed by atoms with Crippen LogP contribution in [0.1, 0.15) is 33.5 Å². The number of rotatable bonds is 5. The predicted octanol–water partition coefficient (Wildman–Crippen LogP) is 6.52. The van der Waals surface area contributed by atoms with Gasteiger partial charge in [-0.15, -0.1) is 0 Å². The molecule has 0 aliphatic carbocycles. The first-order chi connectivity index (χ1) is 16.5. The summed E-state index contributed by atoms with van der Waals surface area (Å²) in [5.74, 6) is 0.0169. The molecule has 0 fully saturated rings. The minimum Gasteiger partial charge on any atom is -0.352 e. The van der Waals surface area contributed by atoms with Crippen LogP contribution >= 0.6 is 23.2 Å². The Bertz CT molecular complexity index is 1320. The van der Waals surface area contributed by atoms with Crippen molar-refractivity contribution in [3.8, 4) is 0 Å². The Hall–Kier alpha value is -3.37. The number of fused-ring (bicyclic) bond motifs is 1. The molecule has 1 amide bonds. The molecule has 0 spiro atoms. The second-order valence-electron chi connectivity index (χ2n) is 7.91. The van der Waals surface area contributed by atoms with Gasteiger partial charge in [-0.05, 0) is 48.2 Å². The third-order valence-corrected chi connectivity index (χ3v) is 6.20. The average Bonchev–Trinajstić information content (AvgIpc) is 2.79. The summed E-state index contributed by atoms with van der Waals surface area (Å²) in [5.41, 5.74) is 0.630. The van der Waals surface area contributed by atoms with Crippen LogP contribution in [0.15, 0.2) is 48.7 Å². The van der Waals surface area contributed by atoms with Crippen molar-refractivity contribution in [2.45, 2.75) is 25.6 Å². The topological polar surface area (TPSA) is 88.4 Å². The van der Waals surface area contributed by atoms with Gasteiger partial charge in [-0.3, -0.25) is 14.9 Å². The molecule has 0 atom stereocenters. The van der Waals surface area contributed by atoms with Gasteiger partial charge in [0.25, 0.3) is 11.6 Å². The maximum absolute atomic E-state index is 12.9. The van der Waals surface area contributed by atoms with Crippen molar-refractivity contribution in [1.82, 2.24) is 4.98 Å². The SMILES string of the molecule is O=C(Nc1cnc2c(c1)CCCN2Cc1ccc(C(F)(F)F)cc1Cl)c1cc([N+](=O)[O-])ccc1Cl. The molecule has 7 nitrogen and oxygen atoms in total. The normalized spacial score (nSPS) is 13.3. The molecular weight excluding hydrogens is 508 g/mol. The lowest BCUT2D eigenvalue weighted by molar-refractivity contribution is -0.384. The van der Waals surface area contributed by atoms with Crippen LogP contribution in [0.25, 0.3) is 0 Å². The van der Waals surface area contributed by atoms with Gasteiger partial charge in [0.05, 0.1) is 33.0 Å². The summed E-state index contributed by atoms with van der Waals surface area (Å²) < 4.78 is 38.8. The summed E-state index contributed by atoms with van der Waals surface area (Å²) in [4.78, 5) is 29.4. The zero-order valence-corrected chi connectivity index (χ0v) is 19.4. The number of alkyl halides is 3. The quantitative estimate of drug-likeness (QED) is 0.303. The third kappa shape index (κ3) is 5.49. The highest BCUT2D eigenvalue weighted by Gasteiger charge is 2.31. The first kappa shape index (κ1) is 24.7. The number of amides is 1. The molecule has 12 heteroatoms. The molecule has 1 N–H and O–H groups in total. The van der Waals surface area contributed by atoms with E-state index in [4.69, 9.17) is 23.2 Å². The highest BCUT2D eigenvalue weighted by molar-refractivity contribution is 6.34. The fourth-order valence-electron chi connectivity index (χ4n) is 3.82. The molecule has 35 heavy (non-hydrogen) atoms. The number of benzene rings is 2. The summed E-state index contributed by atoms with van der Waals surface area (Å²) in [6.45, 7) is 0.901. The minimum atomic E-state index is -4.48. The Morgan fingerprint density at radius 2 is 1.91 bits per heavy atom. The fourth-order valence-corrected chi connectivity index (χ4v) is 4.26. The number of non-ortho nitro benzene ring substituents is 1. The number of aryl methyl sites for hydroxylation is 1. The second kappa shape index (κ2) is 9.71. The average molecular weight is 525 g/mol. The van der Waals surface area contributed by atoms with E-state index in [9.17, 15) is 28.1 Å². The van der Waals surface area contributed by atoms with Gasteiger partial charge in [-0.25, -0.2) is 4.98 Å². The second-order valence-corrected chi connectivity index (χ2v) is 8.73.